The number of hydrogen-bond donors (Lipinski definition) is 2. The highest BCUT2D eigenvalue weighted by Crippen LogP contribution is 2.30. The summed E-state index contributed by atoms with van der Waals surface area (Å²) < 4.78 is 8.03. The largest absolute Gasteiger partial charge is 0.484 e. The number of halogens is 2. The minimum atomic E-state index is -0.231. The lowest BCUT2D eigenvalue weighted by atomic mass is 10.1. The van der Waals surface area contributed by atoms with E-state index in [1.807, 2.05) is 84.9 Å². The molecule has 1 amide bonds. The van der Waals surface area contributed by atoms with Gasteiger partial charge in [-0.2, -0.15) is 9.61 Å². The molecule has 0 unspecified atom stereocenters. The van der Waals surface area contributed by atoms with E-state index in [-0.39, 0.29) is 19.9 Å². The van der Waals surface area contributed by atoms with E-state index in [0.29, 0.717) is 28.7 Å². The minimum Gasteiger partial charge on any atom is -0.484 e. The Morgan fingerprint density at radius 3 is 2.59 bits per heavy atom. The average molecular weight is 579 g/mol. The summed E-state index contributed by atoms with van der Waals surface area (Å²) in [5, 5.41) is 11.4. The van der Waals surface area contributed by atoms with Gasteiger partial charge in [0.2, 0.25) is 0 Å². The van der Waals surface area contributed by atoms with E-state index in [0.717, 1.165) is 27.1 Å². The summed E-state index contributed by atoms with van der Waals surface area (Å²) in [7, 11) is 0. The molecule has 2 heterocycles. The van der Waals surface area contributed by atoms with Crippen molar-refractivity contribution >= 4 is 50.6 Å². The van der Waals surface area contributed by atoms with Crippen LogP contribution in [0, 0.1) is 0 Å². The smallest absolute Gasteiger partial charge is 0.262 e. The number of nitrogens with one attached hydrogen (secondary N) is 2. The van der Waals surface area contributed by atoms with Crippen LogP contribution in [0.4, 0.5) is 11.5 Å². The standard InChI is InChI=1S/C27H21BrClN5O2.CH4/c28-22-16-31-34-25(14-24(33-27(22)34)21-11-4-5-12-23(21)29)30-15-18-7-6-8-19(13-18)32-26(35)17-36-20-9-2-1-3-10-20;/h1-14,16,30H,15,17H2,(H,32,35);1H4. The van der Waals surface area contributed by atoms with Crippen LogP contribution in [0.15, 0.2) is 95.6 Å². The monoisotopic (exact) mass is 577 g/mol. The van der Waals surface area contributed by atoms with Gasteiger partial charge in [0.25, 0.3) is 5.91 Å². The Morgan fingerprint density at radius 2 is 1.78 bits per heavy atom. The predicted molar refractivity (Wildman–Crippen MR) is 152 cm³/mol. The van der Waals surface area contributed by atoms with Crippen LogP contribution in [0.5, 0.6) is 5.75 Å². The van der Waals surface area contributed by atoms with Gasteiger partial charge in [-0.15, -0.1) is 0 Å². The maximum Gasteiger partial charge on any atom is 0.262 e. The van der Waals surface area contributed by atoms with Gasteiger partial charge in [0.05, 0.1) is 16.4 Å². The third kappa shape index (κ3) is 6.28. The van der Waals surface area contributed by atoms with E-state index < -0.39 is 0 Å². The van der Waals surface area contributed by atoms with Crippen molar-refractivity contribution in [3.05, 3.63) is 106 Å². The van der Waals surface area contributed by atoms with Crippen LogP contribution in [0.3, 0.4) is 0 Å². The zero-order chi connectivity index (χ0) is 24.9. The molecule has 0 saturated carbocycles. The highest BCUT2D eigenvalue weighted by Gasteiger charge is 2.13. The van der Waals surface area contributed by atoms with Crippen molar-refractivity contribution in [3.63, 3.8) is 0 Å². The number of para-hydroxylation sites is 1. The highest BCUT2D eigenvalue weighted by molar-refractivity contribution is 9.10. The molecule has 2 N–H and O–H groups in total. The molecular weight excluding hydrogens is 554 g/mol. The first-order chi connectivity index (χ1) is 17.6. The van der Waals surface area contributed by atoms with Gasteiger partial charge in [0.15, 0.2) is 12.3 Å². The van der Waals surface area contributed by atoms with Crippen molar-refractivity contribution in [2.75, 3.05) is 17.2 Å². The molecule has 0 aliphatic carbocycles. The molecule has 5 rings (SSSR count). The first kappa shape index (κ1) is 26.2. The van der Waals surface area contributed by atoms with E-state index in [2.05, 4.69) is 31.7 Å². The van der Waals surface area contributed by atoms with Crippen molar-refractivity contribution < 1.29 is 9.53 Å². The average Bonchev–Trinajstić information content (AvgIpc) is 3.28. The number of carbonyl (C=O) groups excluding carboxylic acids is 1. The van der Waals surface area contributed by atoms with Crippen LogP contribution in [-0.2, 0) is 11.3 Å². The van der Waals surface area contributed by atoms with E-state index in [1.165, 1.54) is 0 Å². The van der Waals surface area contributed by atoms with Gasteiger partial charge < -0.3 is 15.4 Å². The SMILES string of the molecule is C.O=C(COc1ccccc1)Nc1cccc(CNc2cc(-c3ccccc3Cl)nc3c(Br)cnn23)c1. The van der Waals surface area contributed by atoms with Gasteiger partial charge in [-0.05, 0) is 51.8 Å². The third-order valence-electron chi connectivity index (χ3n) is 5.38. The van der Waals surface area contributed by atoms with Crippen molar-refractivity contribution in [2.24, 2.45) is 0 Å². The molecule has 0 fully saturated rings. The zero-order valence-corrected chi connectivity index (χ0v) is 21.3. The lowest BCUT2D eigenvalue weighted by molar-refractivity contribution is -0.118. The Labute approximate surface area is 228 Å². The molecule has 9 heteroatoms. The van der Waals surface area contributed by atoms with E-state index in [4.69, 9.17) is 21.3 Å². The van der Waals surface area contributed by atoms with Crippen molar-refractivity contribution in [3.8, 4) is 17.0 Å². The maximum absolute atomic E-state index is 12.3. The normalized spacial score (nSPS) is 10.5. The van der Waals surface area contributed by atoms with Gasteiger partial charge in [0, 0.05) is 28.9 Å². The van der Waals surface area contributed by atoms with Crippen LogP contribution >= 0.6 is 27.5 Å². The van der Waals surface area contributed by atoms with Crippen LogP contribution in [0.1, 0.15) is 13.0 Å². The number of aromatic nitrogens is 3. The molecule has 188 valence electrons. The Bertz CT molecular complexity index is 1520. The first-order valence-corrected chi connectivity index (χ1v) is 12.3. The summed E-state index contributed by atoms with van der Waals surface area (Å²) in [4.78, 5) is 17.1. The number of ether oxygens (including phenoxy) is 1. The topological polar surface area (TPSA) is 80.5 Å². The Hall–Kier alpha value is -3.88. The van der Waals surface area contributed by atoms with E-state index >= 15 is 0 Å². The van der Waals surface area contributed by atoms with Crippen LogP contribution < -0.4 is 15.4 Å². The summed E-state index contributed by atoms with van der Waals surface area (Å²) in [5.41, 5.74) is 3.91. The summed E-state index contributed by atoms with van der Waals surface area (Å²) in [6, 6.07) is 26.4. The van der Waals surface area contributed by atoms with Crippen LogP contribution in [-0.4, -0.2) is 27.1 Å². The quantitative estimate of drug-likeness (QED) is 0.206. The fourth-order valence-corrected chi connectivity index (χ4v) is 4.26. The van der Waals surface area contributed by atoms with E-state index in [9.17, 15) is 4.79 Å². The molecule has 0 atom stereocenters. The Kier molecular flexibility index (Phi) is 8.43. The van der Waals surface area contributed by atoms with Crippen molar-refractivity contribution in [2.45, 2.75) is 14.0 Å². The number of hydrogen-bond acceptors (Lipinski definition) is 5. The van der Waals surface area contributed by atoms with Crippen LogP contribution in [0.25, 0.3) is 16.9 Å². The van der Waals surface area contributed by atoms with Gasteiger partial charge in [-0.1, -0.05) is 67.6 Å². The third-order valence-corrected chi connectivity index (χ3v) is 6.27. The molecule has 7 nitrogen and oxygen atoms in total. The molecule has 0 bridgehead atoms. The minimum absolute atomic E-state index is 0. The predicted octanol–water partition coefficient (Wildman–Crippen LogP) is 7.08. The molecule has 0 saturated heterocycles. The molecule has 2 aromatic heterocycles. The van der Waals surface area contributed by atoms with Gasteiger partial charge in [0.1, 0.15) is 11.6 Å². The van der Waals surface area contributed by atoms with Crippen molar-refractivity contribution in [1.82, 2.24) is 14.6 Å². The Morgan fingerprint density at radius 1 is 1.00 bits per heavy atom. The second kappa shape index (κ2) is 11.9. The Balaban J connectivity index is 0.00000320. The van der Waals surface area contributed by atoms with Gasteiger partial charge in [-0.25, -0.2) is 4.98 Å². The lowest BCUT2D eigenvalue weighted by Gasteiger charge is -2.13. The molecule has 0 aliphatic rings. The number of anilines is 2. The highest BCUT2D eigenvalue weighted by atomic mass is 79.9. The summed E-state index contributed by atoms with van der Waals surface area (Å²) >= 11 is 9.95. The fraction of sp³-hybridized carbons (Fsp3) is 0.107. The molecule has 0 spiro atoms. The zero-order valence-electron chi connectivity index (χ0n) is 19.0. The molecule has 0 radical (unpaired) electrons. The van der Waals surface area contributed by atoms with Crippen molar-refractivity contribution in [1.29, 1.82) is 0 Å². The molecular formula is C28H25BrClN5O2. The number of rotatable bonds is 8. The first-order valence-electron chi connectivity index (χ1n) is 11.2. The second-order valence-corrected chi connectivity index (χ2v) is 9.20. The van der Waals surface area contributed by atoms with E-state index in [1.54, 1.807) is 10.7 Å². The lowest BCUT2D eigenvalue weighted by Crippen LogP contribution is -2.20. The number of carbonyl (C=O) groups is 1. The van der Waals surface area contributed by atoms with Crippen LogP contribution in [0.2, 0.25) is 5.02 Å². The van der Waals surface area contributed by atoms with Gasteiger partial charge in [-0.3, -0.25) is 4.79 Å². The second-order valence-electron chi connectivity index (χ2n) is 7.94. The summed E-state index contributed by atoms with van der Waals surface area (Å²) in [5.74, 6) is 1.17. The number of amides is 1. The maximum atomic E-state index is 12.3. The number of fused-ring (bicyclic) bond motifs is 1. The number of nitrogens with zero attached hydrogens (tertiary/aromatic N) is 3. The molecule has 0 aliphatic heterocycles. The fourth-order valence-electron chi connectivity index (χ4n) is 3.68. The molecule has 37 heavy (non-hydrogen) atoms. The molecule has 3 aromatic carbocycles. The number of benzene rings is 3. The summed E-state index contributed by atoms with van der Waals surface area (Å²) in [6.07, 6.45) is 1.71. The van der Waals surface area contributed by atoms with Gasteiger partial charge >= 0.3 is 0 Å². The molecule has 5 aromatic rings. The summed E-state index contributed by atoms with van der Waals surface area (Å²) in [6.45, 7) is 0.434.